The van der Waals surface area contributed by atoms with Gasteiger partial charge in [-0.25, -0.2) is 4.57 Å². The molecule has 0 aliphatic heterocycles. The maximum Gasteiger partial charge on any atom is 0.174 e. The molecule has 0 aromatic carbocycles. The van der Waals surface area contributed by atoms with Crippen molar-refractivity contribution in [3.63, 3.8) is 0 Å². The molecule has 0 fully saturated rings. The van der Waals surface area contributed by atoms with E-state index in [1.807, 2.05) is 23.9 Å². The number of nitroso groups, excluding NO2 is 1. The SMILES string of the molecule is CCC(CCO)[n+]1ccc(N=O)c(C)c1. The summed E-state index contributed by atoms with van der Waals surface area (Å²) in [6, 6.07) is 2.00. The number of aromatic nitrogens is 1. The number of hydrogen-bond acceptors (Lipinski definition) is 3. The van der Waals surface area contributed by atoms with E-state index >= 15 is 0 Å². The molecular formula is C11H17N2O2+. The Morgan fingerprint density at radius 3 is 2.80 bits per heavy atom. The van der Waals surface area contributed by atoms with Crippen LogP contribution < -0.4 is 4.57 Å². The molecule has 82 valence electrons. The molecule has 1 aromatic rings. The van der Waals surface area contributed by atoms with Crippen LogP contribution in [0.15, 0.2) is 23.6 Å². The van der Waals surface area contributed by atoms with Gasteiger partial charge in [0.25, 0.3) is 0 Å². The number of hydrogen-bond donors (Lipinski definition) is 1. The van der Waals surface area contributed by atoms with E-state index in [2.05, 4.69) is 12.1 Å². The van der Waals surface area contributed by atoms with Gasteiger partial charge < -0.3 is 5.11 Å². The molecule has 1 N–H and O–H groups in total. The van der Waals surface area contributed by atoms with Gasteiger partial charge >= 0.3 is 0 Å². The molecule has 1 atom stereocenters. The summed E-state index contributed by atoms with van der Waals surface area (Å²) in [7, 11) is 0. The average molecular weight is 209 g/mol. The van der Waals surface area contributed by atoms with Crippen LogP contribution >= 0.6 is 0 Å². The molecule has 1 unspecified atom stereocenters. The second-order valence-corrected chi connectivity index (χ2v) is 3.63. The van der Waals surface area contributed by atoms with Gasteiger partial charge in [0.2, 0.25) is 0 Å². The highest BCUT2D eigenvalue weighted by Crippen LogP contribution is 2.16. The number of aryl methyl sites for hydroxylation is 1. The fourth-order valence-corrected chi connectivity index (χ4v) is 1.66. The molecule has 0 aliphatic carbocycles. The van der Waals surface area contributed by atoms with Crippen LogP contribution in [0.3, 0.4) is 0 Å². The lowest BCUT2D eigenvalue weighted by atomic mass is 10.1. The Kier molecular flexibility index (Phi) is 4.37. The summed E-state index contributed by atoms with van der Waals surface area (Å²) >= 11 is 0. The Morgan fingerprint density at radius 1 is 1.60 bits per heavy atom. The minimum atomic E-state index is 0.179. The van der Waals surface area contributed by atoms with Crippen LogP contribution in [-0.2, 0) is 0 Å². The van der Waals surface area contributed by atoms with Gasteiger partial charge in [0, 0.05) is 31.1 Å². The second kappa shape index (κ2) is 5.56. The molecule has 0 saturated heterocycles. The van der Waals surface area contributed by atoms with Gasteiger partial charge in [0.15, 0.2) is 18.4 Å². The predicted octanol–water partition coefficient (Wildman–Crippen LogP) is 2.01. The van der Waals surface area contributed by atoms with Gasteiger partial charge in [0.1, 0.15) is 5.69 Å². The third-order valence-electron chi connectivity index (χ3n) is 2.60. The van der Waals surface area contributed by atoms with Crippen molar-refractivity contribution in [1.29, 1.82) is 0 Å². The quantitative estimate of drug-likeness (QED) is 0.595. The van der Waals surface area contributed by atoms with E-state index in [9.17, 15) is 4.91 Å². The Bertz CT molecular complexity index is 339. The monoisotopic (exact) mass is 209 g/mol. The largest absolute Gasteiger partial charge is 0.396 e. The van der Waals surface area contributed by atoms with E-state index in [1.54, 1.807) is 6.07 Å². The van der Waals surface area contributed by atoms with Crippen molar-refractivity contribution in [2.24, 2.45) is 5.18 Å². The van der Waals surface area contributed by atoms with Gasteiger partial charge in [-0.1, -0.05) is 6.92 Å². The summed E-state index contributed by atoms with van der Waals surface area (Å²) in [5.74, 6) is 0. The van der Waals surface area contributed by atoms with E-state index in [4.69, 9.17) is 5.11 Å². The standard InChI is InChI=1S/C11H17N2O2/c1-3-10(5-7-14)13-6-4-11(12-15)9(2)8-13/h4,6,8,10,14H,3,5,7H2,1-2H3/q+1. The first-order valence-corrected chi connectivity index (χ1v) is 5.18. The lowest BCUT2D eigenvalue weighted by Gasteiger charge is -2.09. The minimum Gasteiger partial charge on any atom is -0.396 e. The summed E-state index contributed by atoms with van der Waals surface area (Å²) in [6.45, 7) is 4.12. The van der Waals surface area contributed by atoms with Crippen molar-refractivity contribution >= 4 is 5.69 Å². The zero-order valence-corrected chi connectivity index (χ0v) is 9.18. The van der Waals surface area contributed by atoms with Gasteiger partial charge in [-0.15, -0.1) is 4.91 Å². The third kappa shape index (κ3) is 2.83. The fraction of sp³-hybridized carbons (Fsp3) is 0.545. The van der Waals surface area contributed by atoms with E-state index in [-0.39, 0.29) is 12.6 Å². The summed E-state index contributed by atoms with van der Waals surface area (Å²) in [5.41, 5.74) is 1.34. The molecule has 0 bridgehead atoms. The van der Waals surface area contributed by atoms with Crippen molar-refractivity contribution in [2.45, 2.75) is 32.7 Å². The summed E-state index contributed by atoms with van der Waals surface area (Å²) in [6.07, 6.45) is 5.43. The highest BCUT2D eigenvalue weighted by Gasteiger charge is 2.16. The van der Waals surface area contributed by atoms with Crippen molar-refractivity contribution in [3.8, 4) is 0 Å². The third-order valence-corrected chi connectivity index (χ3v) is 2.60. The Labute approximate surface area is 89.5 Å². The molecule has 1 heterocycles. The summed E-state index contributed by atoms with van der Waals surface area (Å²) < 4.78 is 2.03. The maximum absolute atomic E-state index is 10.4. The van der Waals surface area contributed by atoms with Crippen molar-refractivity contribution in [1.82, 2.24) is 0 Å². The number of nitrogens with zero attached hydrogens (tertiary/aromatic N) is 2. The summed E-state index contributed by atoms with van der Waals surface area (Å²) in [4.78, 5) is 10.4. The van der Waals surface area contributed by atoms with Crippen LogP contribution in [0.1, 0.15) is 31.4 Å². The first-order chi connectivity index (χ1) is 7.22. The molecule has 15 heavy (non-hydrogen) atoms. The van der Waals surface area contributed by atoms with Crippen LogP contribution in [-0.4, -0.2) is 11.7 Å². The molecule has 0 spiro atoms. The van der Waals surface area contributed by atoms with Gasteiger partial charge in [0.05, 0.1) is 0 Å². The molecule has 0 amide bonds. The normalized spacial score (nSPS) is 12.5. The molecule has 1 aromatic heterocycles. The zero-order chi connectivity index (χ0) is 11.3. The smallest absolute Gasteiger partial charge is 0.174 e. The highest BCUT2D eigenvalue weighted by molar-refractivity contribution is 5.40. The lowest BCUT2D eigenvalue weighted by molar-refractivity contribution is -0.724. The van der Waals surface area contributed by atoms with Crippen molar-refractivity contribution < 1.29 is 9.67 Å². The lowest BCUT2D eigenvalue weighted by Crippen LogP contribution is -2.39. The van der Waals surface area contributed by atoms with E-state index in [0.717, 1.165) is 18.4 Å². The van der Waals surface area contributed by atoms with Crippen molar-refractivity contribution in [3.05, 3.63) is 28.9 Å². The molecule has 4 nitrogen and oxygen atoms in total. The first kappa shape index (κ1) is 11.8. The number of rotatable bonds is 5. The van der Waals surface area contributed by atoms with Crippen molar-refractivity contribution in [2.75, 3.05) is 6.61 Å². The molecule has 0 aliphatic rings. The van der Waals surface area contributed by atoms with E-state index in [0.29, 0.717) is 5.69 Å². The van der Waals surface area contributed by atoms with Gasteiger partial charge in [-0.3, -0.25) is 0 Å². The summed E-state index contributed by atoms with van der Waals surface area (Å²) in [5, 5.41) is 11.8. The minimum absolute atomic E-state index is 0.179. The van der Waals surface area contributed by atoms with Crippen LogP contribution in [0.5, 0.6) is 0 Å². The number of aliphatic hydroxyl groups excluding tert-OH is 1. The Balaban J connectivity index is 2.94. The highest BCUT2D eigenvalue weighted by atomic mass is 16.3. The topological polar surface area (TPSA) is 53.5 Å². The molecule has 4 heteroatoms. The molecule has 0 saturated carbocycles. The molecule has 1 rings (SSSR count). The van der Waals surface area contributed by atoms with Crippen LogP contribution in [0, 0.1) is 11.8 Å². The first-order valence-electron chi connectivity index (χ1n) is 5.18. The van der Waals surface area contributed by atoms with Gasteiger partial charge in [-0.2, -0.15) is 0 Å². The van der Waals surface area contributed by atoms with E-state index in [1.165, 1.54) is 0 Å². The predicted molar refractivity (Wildman–Crippen MR) is 57.9 cm³/mol. The number of aliphatic hydroxyl groups is 1. The van der Waals surface area contributed by atoms with Crippen LogP contribution in [0.4, 0.5) is 5.69 Å². The molecule has 0 radical (unpaired) electrons. The fourth-order valence-electron chi connectivity index (χ4n) is 1.66. The Hall–Kier alpha value is -1.29. The van der Waals surface area contributed by atoms with Gasteiger partial charge in [-0.05, 0) is 12.1 Å². The molecular weight excluding hydrogens is 192 g/mol. The van der Waals surface area contributed by atoms with Crippen LogP contribution in [0.25, 0.3) is 0 Å². The van der Waals surface area contributed by atoms with Crippen LogP contribution in [0.2, 0.25) is 0 Å². The zero-order valence-electron chi connectivity index (χ0n) is 9.18. The average Bonchev–Trinajstić information content (AvgIpc) is 2.25. The Morgan fingerprint density at radius 2 is 2.33 bits per heavy atom. The second-order valence-electron chi connectivity index (χ2n) is 3.63. The van der Waals surface area contributed by atoms with E-state index < -0.39 is 0 Å². The number of pyridine rings is 1. The maximum atomic E-state index is 10.4.